The van der Waals surface area contributed by atoms with Crippen LogP contribution in [-0.2, 0) is 28.1 Å². The van der Waals surface area contributed by atoms with E-state index in [0.29, 0.717) is 0 Å². The molecule has 0 amide bonds. The van der Waals surface area contributed by atoms with Crippen LogP contribution in [-0.4, -0.2) is 8.07 Å². The second kappa shape index (κ2) is 11.1. The van der Waals surface area contributed by atoms with Crippen molar-refractivity contribution in [2.24, 2.45) is 0 Å². The smallest absolute Gasteiger partial charge is 1.00 e. The monoisotopic (exact) mass is 380 g/mol. The molecule has 0 N–H and O–H groups in total. The fourth-order valence-corrected chi connectivity index (χ4v) is 3.93. The van der Waals surface area contributed by atoms with Crippen LogP contribution in [0.25, 0.3) is 0 Å². The Morgan fingerprint density at radius 2 is 1.65 bits per heavy atom. The third-order valence-electron chi connectivity index (χ3n) is 3.00. The summed E-state index contributed by atoms with van der Waals surface area (Å²) >= 11 is 0. The molecule has 1 aromatic carbocycles. The Morgan fingerprint density at radius 3 is 2.15 bits per heavy atom. The van der Waals surface area contributed by atoms with Crippen LogP contribution in [0, 0.1) is 6.08 Å². The summed E-state index contributed by atoms with van der Waals surface area (Å²) in [5, 5.41) is 1.59. The molecule has 0 saturated carbocycles. The first-order chi connectivity index (χ1) is 7.57. The van der Waals surface area contributed by atoms with Gasteiger partial charge in [-0.05, 0) is 12.0 Å². The number of rotatable bonds is 3. The summed E-state index contributed by atoms with van der Waals surface area (Å²) in [6.07, 6.45) is 9.73. The Morgan fingerprint density at radius 1 is 1.05 bits per heavy atom. The van der Waals surface area contributed by atoms with Crippen molar-refractivity contribution in [2.45, 2.75) is 32.5 Å². The molecular weight excluding hydrogens is 362 g/mol. The Labute approximate surface area is 157 Å². The molecule has 2 rings (SSSR count). The molecule has 1 aliphatic carbocycles. The molecule has 0 aliphatic heterocycles. The van der Waals surface area contributed by atoms with Crippen LogP contribution in [0.1, 0.15) is 12.0 Å². The molecule has 0 nitrogen and oxygen atoms in total. The SMILES string of the molecule is C[Si](C)(C)c1ccccc1CC1=[C-]C=CC1.[Cl-].[Cl-].[Cl-].[Ti+4]. The van der Waals surface area contributed by atoms with E-state index in [1.807, 2.05) is 6.08 Å². The van der Waals surface area contributed by atoms with Gasteiger partial charge in [0.05, 0.1) is 8.07 Å². The molecule has 0 radical (unpaired) electrons. The standard InChI is InChI=1S/C15H19Si.3ClH.Ti/c1-16(2,3)15-11-7-6-10-14(15)12-13-8-4-5-9-13;;;;/h4-7,10-11H,8,12H2,1-3H3;3*1H;/q-1;;;;+4/p-3. The predicted molar refractivity (Wildman–Crippen MR) is 73.6 cm³/mol. The molecule has 20 heavy (non-hydrogen) atoms. The molecule has 0 aromatic heterocycles. The van der Waals surface area contributed by atoms with E-state index in [1.54, 1.807) is 5.19 Å². The van der Waals surface area contributed by atoms with Gasteiger partial charge in [0.2, 0.25) is 0 Å². The van der Waals surface area contributed by atoms with Gasteiger partial charge in [0.15, 0.2) is 0 Å². The minimum absolute atomic E-state index is 0. The van der Waals surface area contributed by atoms with Crippen molar-refractivity contribution in [2.75, 3.05) is 0 Å². The van der Waals surface area contributed by atoms with Gasteiger partial charge < -0.3 is 37.2 Å². The van der Waals surface area contributed by atoms with Crippen LogP contribution < -0.4 is 42.4 Å². The maximum absolute atomic E-state index is 3.34. The van der Waals surface area contributed by atoms with E-state index in [-0.39, 0.29) is 58.9 Å². The van der Waals surface area contributed by atoms with Crippen LogP contribution in [0.4, 0.5) is 0 Å². The first-order valence-electron chi connectivity index (χ1n) is 5.92. The molecule has 0 unspecified atom stereocenters. The summed E-state index contributed by atoms with van der Waals surface area (Å²) < 4.78 is 0. The second-order valence-electron chi connectivity index (χ2n) is 5.44. The van der Waals surface area contributed by atoms with Gasteiger partial charge in [0.1, 0.15) is 0 Å². The van der Waals surface area contributed by atoms with E-state index in [2.05, 4.69) is 56.1 Å². The minimum atomic E-state index is -1.21. The molecule has 1 aliphatic rings. The summed E-state index contributed by atoms with van der Waals surface area (Å²) in [6, 6.07) is 8.91. The van der Waals surface area contributed by atoms with E-state index in [9.17, 15) is 0 Å². The van der Waals surface area contributed by atoms with Crippen molar-refractivity contribution in [1.82, 2.24) is 0 Å². The van der Waals surface area contributed by atoms with Gasteiger partial charge in [-0.2, -0.15) is 5.57 Å². The van der Waals surface area contributed by atoms with Crippen molar-refractivity contribution in [1.29, 1.82) is 0 Å². The van der Waals surface area contributed by atoms with Gasteiger partial charge in [-0.1, -0.05) is 55.5 Å². The van der Waals surface area contributed by atoms with Crippen molar-refractivity contribution < 1.29 is 58.9 Å². The third kappa shape index (κ3) is 6.98. The zero-order valence-electron chi connectivity index (χ0n) is 12.0. The summed E-state index contributed by atoms with van der Waals surface area (Å²) in [4.78, 5) is 0. The minimum Gasteiger partial charge on any atom is -1.00 e. The summed E-state index contributed by atoms with van der Waals surface area (Å²) in [6.45, 7) is 7.24. The van der Waals surface area contributed by atoms with Crippen LogP contribution in [0.3, 0.4) is 0 Å². The summed E-state index contributed by atoms with van der Waals surface area (Å²) in [5.41, 5.74) is 2.93. The van der Waals surface area contributed by atoms with Gasteiger partial charge in [-0.25, -0.2) is 12.2 Å². The molecular formula is C15H19Cl3SiTi. The third-order valence-corrected chi connectivity index (χ3v) is 5.10. The van der Waals surface area contributed by atoms with Gasteiger partial charge in [0.25, 0.3) is 0 Å². The number of hydrogen-bond donors (Lipinski definition) is 0. The maximum Gasteiger partial charge on any atom is 4.00 e. The second-order valence-corrected chi connectivity index (χ2v) is 10.5. The number of halogens is 3. The van der Waals surface area contributed by atoms with Crippen LogP contribution in [0.5, 0.6) is 0 Å². The summed E-state index contributed by atoms with van der Waals surface area (Å²) in [7, 11) is -1.21. The van der Waals surface area contributed by atoms with Gasteiger partial charge in [-0.3, -0.25) is 6.08 Å². The fraction of sp³-hybridized carbons (Fsp3) is 0.333. The van der Waals surface area contributed by atoms with E-state index in [1.165, 1.54) is 11.1 Å². The largest absolute Gasteiger partial charge is 4.00 e. The molecule has 108 valence electrons. The predicted octanol–water partition coefficient (Wildman–Crippen LogP) is -5.53. The van der Waals surface area contributed by atoms with Gasteiger partial charge >= 0.3 is 21.7 Å². The zero-order valence-corrected chi connectivity index (χ0v) is 16.8. The van der Waals surface area contributed by atoms with E-state index >= 15 is 0 Å². The average Bonchev–Trinajstić information content (AvgIpc) is 2.70. The van der Waals surface area contributed by atoms with Gasteiger partial charge in [-0.15, -0.1) is 0 Å². The first kappa shape index (κ1) is 25.5. The Bertz CT molecular complexity index is 451. The first-order valence-corrected chi connectivity index (χ1v) is 9.42. The molecule has 0 saturated heterocycles. The number of benzene rings is 1. The van der Waals surface area contributed by atoms with E-state index in [4.69, 9.17) is 0 Å². The van der Waals surface area contributed by atoms with Crippen molar-refractivity contribution in [3.8, 4) is 0 Å². The van der Waals surface area contributed by atoms with Crippen LogP contribution in [0.2, 0.25) is 19.6 Å². The summed E-state index contributed by atoms with van der Waals surface area (Å²) in [5.74, 6) is 0. The number of hydrogen-bond acceptors (Lipinski definition) is 0. The molecule has 5 heteroatoms. The van der Waals surface area contributed by atoms with Crippen molar-refractivity contribution in [3.63, 3.8) is 0 Å². The molecule has 0 fully saturated rings. The molecule has 0 spiro atoms. The molecule has 1 aromatic rings. The maximum atomic E-state index is 3.34. The number of allylic oxidation sites excluding steroid dienone is 4. The topological polar surface area (TPSA) is 0 Å². The normalized spacial score (nSPS) is 12.2. The Kier molecular flexibility index (Phi) is 14.2. The molecule has 0 heterocycles. The van der Waals surface area contributed by atoms with Crippen molar-refractivity contribution in [3.05, 3.63) is 53.6 Å². The fourth-order valence-electron chi connectivity index (χ4n) is 2.20. The Balaban J connectivity index is -0.000000722. The molecule has 0 atom stereocenters. The average molecular weight is 382 g/mol. The molecule has 0 bridgehead atoms. The quantitative estimate of drug-likeness (QED) is 0.362. The van der Waals surface area contributed by atoms with Gasteiger partial charge in [0, 0.05) is 0 Å². The van der Waals surface area contributed by atoms with Crippen molar-refractivity contribution >= 4 is 13.3 Å². The Hall–Kier alpha value is 0.501. The van der Waals surface area contributed by atoms with E-state index < -0.39 is 8.07 Å². The van der Waals surface area contributed by atoms with E-state index in [0.717, 1.165) is 12.8 Å². The van der Waals surface area contributed by atoms with Crippen LogP contribution >= 0.6 is 0 Å². The van der Waals surface area contributed by atoms with Crippen LogP contribution in [0.15, 0.2) is 42.0 Å². The zero-order chi connectivity index (χ0) is 11.6.